The molecule has 0 radical (unpaired) electrons. The van der Waals surface area contributed by atoms with Gasteiger partial charge in [-0.1, -0.05) is 107 Å². The quantitative estimate of drug-likeness (QED) is 0.151. The molecule has 0 aromatic heterocycles. The molecule has 2 aromatic carbocycles. The molecule has 0 heterocycles. The van der Waals surface area contributed by atoms with Crippen LogP contribution in [0.15, 0.2) is 46.4 Å². The molecule has 0 aliphatic carbocycles. The Kier molecular flexibility index (Phi) is 13.3. The average Bonchev–Trinajstić information content (AvgIpc) is 2.85. The summed E-state index contributed by atoms with van der Waals surface area (Å²) in [6, 6.07) is 13.0. The van der Waals surface area contributed by atoms with E-state index in [2.05, 4.69) is 170 Å². The van der Waals surface area contributed by atoms with Gasteiger partial charge in [-0.25, -0.2) is 9.98 Å². The van der Waals surface area contributed by atoms with Crippen molar-refractivity contribution >= 4 is 38.9 Å². The zero-order chi connectivity index (χ0) is 33.6. The topological polar surface area (TPSA) is 24.7 Å². The van der Waals surface area contributed by atoms with Gasteiger partial charge in [0.1, 0.15) is 27.6 Å². The van der Waals surface area contributed by atoms with Crippen molar-refractivity contribution in [3.05, 3.63) is 58.7 Å². The van der Waals surface area contributed by atoms with Crippen molar-refractivity contribution in [1.29, 1.82) is 0 Å². The van der Waals surface area contributed by atoms with Crippen LogP contribution in [0.1, 0.15) is 105 Å². The highest BCUT2D eigenvalue weighted by molar-refractivity contribution is 6.91. The van der Waals surface area contributed by atoms with Crippen molar-refractivity contribution in [3.63, 3.8) is 0 Å². The van der Waals surface area contributed by atoms with Crippen molar-refractivity contribution in [2.75, 3.05) is 0 Å². The van der Waals surface area contributed by atoms with Crippen LogP contribution in [0.3, 0.4) is 0 Å². The van der Waals surface area contributed by atoms with Crippen molar-refractivity contribution in [3.8, 4) is 22.9 Å². The van der Waals surface area contributed by atoms with Crippen LogP contribution in [0, 0.1) is 50.6 Å². The van der Waals surface area contributed by atoms with Crippen LogP contribution in [0.4, 0.5) is 11.4 Å². The lowest BCUT2D eigenvalue weighted by Crippen LogP contribution is -2.43. The fourth-order valence-corrected chi connectivity index (χ4v) is 18.2. The molecule has 238 valence electrons. The summed E-state index contributed by atoms with van der Waals surface area (Å²) < 4.78 is 0. The number of aliphatic imine (C=N–C) groups is 2. The van der Waals surface area contributed by atoms with Crippen molar-refractivity contribution < 1.29 is 0 Å². The van der Waals surface area contributed by atoms with E-state index < -0.39 is 16.1 Å². The van der Waals surface area contributed by atoms with E-state index in [0.29, 0.717) is 44.7 Å². The first-order valence-electron chi connectivity index (χ1n) is 16.8. The molecular weight excluding hydrogens is 565 g/mol. The highest BCUT2D eigenvalue weighted by Crippen LogP contribution is 2.42. The third-order valence-corrected chi connectivity index (χ3v) is 22.2. The standard InChI is InChI=1S/C40H60N2Si2/c1-27(2)43(28(3)4,29(5)6)19-17-39(41-37-23-33(13)21-34(14)24-37)40(42-38-25-35(15)22-36(16)26-38)18-20-44(30(7)8,31(9)10)32(11)12/h21-32H,1-16H3. The summed E-state index contributed by atoms with van der Waals surface area (Å²) in [6.07, 6.45) is 0. The number of aryl methyl sites for hydroxylation is 4. The molecule has 0 spiro atoms. The smallest absolute Gasteiger partial charge is 0.147 e. The monoisotopic (exact) mass is 624 g/mol. The Bertz CT molecular complexity index is 1280. The van der Waals surface area contributed by atoms with Crippen molar-refractivity contribution in [2.24, 2.45) is 9.98 Å². The summed E-state index contributed by atoms with van der Waals surface area (Å²) in [7, 11) is -4.07. The first kappa shape index (κ1) is 37.5. The molecule has 0 unspecified atom stereocenters. The van der Waals surface area contributed by atoms with Crippen LogP contribution in [0.5, 0.6) is 0 Å². The minimum atomic E-state index is -2.03. The molecule has 2 aromatic rings. The summed E-state index contributed by atoms with van der Waals surface area (Å²) in [5.41, 5.74) is 19.0. The minimum absolute atomic E-state index is 0.520. The van der Waals surface area contributed by atoms with Crippen LogP contribution in [0.25, 0.3) is 0 Å². The lowest BCUT2D eigenvalue weighted by atomic mass is 10.1. The highest BCUT2D eigenvalue weighted by Gasteiger charge is 2.43. The van der Waals surface area contributed by atoms with Gasteiger partial charge in [-0.3, -0.25) is 0 Å². The molecule has 0 saturated heterocycles. The van der Waals surface area contributed by atoms with Gasteiger partial charge in [-0.15, -0.1) is 11.1 Å². The molecular formula is C40H60N2Si2. The fraction of sp³-hybridized carbons (Fsp3) is 0.550. The Morgan fingerprint density at radius 2 is 0.659 bits per heavy atom. The van der Waals surface area contributed by atoms with Gasteiger partial charge >= 0.3 is 0 Å². The predicted octanol–water partition coefficient (Wildman–Crippen LogP) is 12.2. The minimum Gasteiger partial charge on any atom is -0.237 e. The Balaban J connectivity index is 3.12. The molecule has 44 heavy (non-hydrogen) atoms. The van der Waals surface area contributed by atoms with E-state index in [1.807, 2.05) is 0 Å². The van der Waals surface area contributed by atoms with Crippen LogP contribution in [-0.2, 0) is 0 Å². The molecule has 0 aliphatic rings. The van der Waals surface area contributed by atoms with Crippen LogP contribution >= 0.6 is 0 Å². The maximum atomic E-state index is 5.29. The van der Waals surface area contributed by atoms with Crippen LogP contribution in [-0.4, -0.2) is 27.6 Å². The largest absolute Gasteiger partial charge is 0.237 e. The van der Waals surface area contributed by atoms with Gasteiger partial charge in [-0.2, -0.15) is 0 Å². The number of rotatable bonds is 9. The fourth-order valence-electron chi connectivity index (χ4n) is 7.77. The Morgan fingerprint density at radius 1 is 0.432 bits per heavy atom. The van der Waals surface area contributed by atoms with Gasteiger partial charge in [0, 0.05) is 0 Å². The Morgan fingerprint density at radius 3 is 0.864 bits per heavy atom. The molecule has 0 aliphatic heterocycles. The van der Waals surface area contributed by atoms with Crippen LogP contribution in [0.2, 0.25) is 33.2 Å². The summed E-state index contributed by atoms with van der Waals surface area (Å²) in [5.74, 6) is 7.42. The molecule has 0 amide bonds. The summed E-state index contributed by atoms with van der Waals surface area (Å²) in [4.78, 5) is 10.6. The maximum Gasteiger partial charge on any atom is 0.147 e. The second kappa shape index (κ2) is 15.6. The van der Waals surface area contributed by atoms with Gasteiger partial charge < -0.3 is 0 Å². The van der Waals surface area contributed by atoms with Gasteiger partial charge in [0.05, 0.1) is 11.4 Å². The molecule has 0 fully saturated rings. The predicted molar refractivity (Wildman–Crippen MR) is 204 cm³/mol. The normalized spacial score (nSPS) is 13.2. The van der Waals surface area contributed by atoms with Gasteiger partial charge in [0.2, 0.25) is 0 Å². The Hall–Kier alpha value is -2.67. The third kappa shape index (κ3) is 8.74. The summed E-state index contributed by atoms with van der Waals surface area (Å²) >= 11 is 0. The van der Waals surface area contributed by atoms with E-state index in [1.165, 1.54) is 22.3 Å². The van der Waals surface area contributed by atoms with E-state index in [0.717, 1.165) is 11.4 Å². The SMILES string of the molecule is Cc1cc(C)cc(N=C(C#C[Si](C(C)C)(C(C)C)C(C)C)C(C#C[Si](C(C)C)(C(C)C)C(C)C)=Nc2cc(C)cc(C)c2)c1. The number of hydrogen-bond acceptors (Lipinski definition) is 2. The Labute approximate surface area is 273 Å². The van der Waals surface area contributed by atoms with E-state index in [4.69, 9.17) is 9.98 Å². The summed E-state index contributed by atoms with van der Waals surface area (Å²) in [5, 5.41) is 0. The number of benzene rings is 2. The van der Waals surface area contributed by atoms with Crippen LogP contribution < -0.4 is 0 Å². The van der Waals surface area contributed by atoms with Crippen molar-refractivity contribution in [1.82, 2.24) is 0 Å². The molecule has 0 atom stereocenters. The third-order valence-electron chi connectivity index (χ3n) is 9.65. The molecule has 0 N–H and O–H groups in total. The van der Waals surface area contributed by atoms with Crippen molar-refractivity contribution in [2.45, 2.75) is 144 Å². The van der Waals surface area contributed by atoms with Gasteiger partial charge in [0.15, 0.2) is 0 Å². The average molecular weight is 625 g/mol. The number of hydrogen-bond donors (Lipinski definition) is 0. The molecule has 2 nitrogen and oxygen atoms in total. The lowest BCUT2D eigenvalue weighted by molar-refractivity contribution is 0.838. The molecule has 2 rings (SSSR count). The number of nitrogens with zero attached hydrogens (tertiary/aromatic N) is 2. The maximum absolute atomic E-state index is 5.29. The first-order chi connectivity index (χ1) is 20.4. The lowest BCUT2D eigenvalue weighted by Gasteiger charge is -2.38. The van der Waals surface area contributed by atoms with E-state index in [-0.39, 0.29) is 0 Å². The van der Waals surface area contributed by atoms with E-state index in [9.17, 15) is 0 Å². The zero-order valence-electron chi connectivity index (χ0n) is 30.8. The van der Waals surface area contributed by atoms with Gasteiger partial charge in [0.25, 0.3) is 0 Å². The first-order valence-corrected chi connectivity index (χ1v) is 21.2. The second-order valence-corrected chi connectivity index (χ2v) is 26.1. The molecule has 0 bridgehead atoms. The van der Waals surface area contributed by atoms with Gasteiger partial charge in [-0.05, 0) is 107 Å². The summed E-state index contributed by atoms with van der Waals surface area (Å²) in [6.45, 7) is 36.8. The second-order valence-electron chi connectivity index (χ2n) is 14.9. The van der Waals surface area contributed by atoms with E-state index >= 15 is 0 Å². The zero-order valence-corrected chi connectivity index (χ0v) is 32.8. The molecule has 0 saturated carbocycles. The highest BCUT2D eigenvalue weighted by atomic mass is 28.3. The molecule has 4 heteroatoms. The van der Waals surface area contributed by atoms with E-state index in [1.54, 1.807) is 0 Å².